The third kappa shape index (κ3) is 11.5. The summed E-state index contributed by atoms with van der Waals surface area (Å²) < 4.78 is 0. The zero-order valence-electron chi connectivity index (χ0n) is 8.30. The lowest BCUT2D eigenvalue weighted by Gasteiger charge is -1.95. The predicted molar refractivity (Wildman–Crippen MR) is 58.0 cm³/mol. The zero-order chi connectivity index (χ0) is 9.82. The van der Waals surface area contributed by atoms with Crippen LogP contribution in [0.3, 0.4) is 0 Å². The largest absolute Gasteiger partial charge is 0.388 e. The first-order chi connectivity index (χ1) is 5.76. The standard InChI is InChI=1S/C8H13N.C3H6/c1-4-6-8(9-3)7-5-2;1-3-2/h4-7,9H,1H2,2-3H3;3H,1H2,2H3/b7-5-,8-6+;. The number of rotatable bonds is 3. The minimum Gasteiger partial charge on any atom is -0.388 e. The van der Waals surface area contributed by atoms with Crippen molar-refractivity contribution in [2.75, 3.05) is 7.05 Å². The summed E-state index contributed by atoms with van der Waals surface area (Å²) in [5.74, 6) is 0. The number of hydrogen-bond acceptors (Lipinski definition) is 1. The molecule has 0 saturated heterocycles. The maximum absolute atomic E-state index is 3.58. The highest BCUT2D eigenvalue weighted by molar-refractivity contribution is 5.20. The molecule has 0 heterocycles. The highest BCUT2D eigenvalue weighted by Crippen LogP contribution is 1.89. The Morgan fingerprint density at radius 2 is 1.75 bits per heavy atom. The molecule has 0 saturated carbocycles. The second-order valence-electron chi connectivity index (χ2n) is 2.02. The van der Waals surface area contributed by atoms with Gasteiger partial charge in [0.05, 0.1) is 0 Å². The molecule has 68 valence electrons. The Kier molecular flexibility index (Phi) is 13.8. The highest BCUT2D eigenvalue weighted by Gasteiger charge is 1.78. The van der Waals surface area contributed by atoms with Crippen molar-refractivity contribution >= 4 is 0 Å². The summed E-state index contributed by atoms with van der Waals surface area (Å²) in [6.07, 6.45) is 9.39. The molecule has 0 unspecified atom stereocenters. The van der Waals surface area contributed by atoms with E-state index in [1.54, 1.807) is 12.2 Å². The van der Waals surface area contributed by atoms with Crippen LogP contribution >= 0.6 is 0 Å². The molecule has 1 nitrogen and oxygen atoms in total. The van der Waals surface area contributed by atoms with E-state index in [2.05, 4.69) is 18.5 Å². The Hall–Kier alpha value is -1.24. The van der Waals surface area contributed by atoms with E-state index in [1.165, 1.54) is 0 Å². The van der Waals surface area contributed by atoms with E-state index in [4.69, 9.17) is 0 Å². The molecule has 12 heavy (non-hydrogen) atoms. The van der Waals surface area contributed by atoms with Crippen molar-refractivity contribution in [2.24, 2.45) is 0 Å². The highest BCUT2D eigenvalue weighted by atomic mass is 14.8. The van der Waals surface area contributed by atoms with Gasteiger partial charge in [-0.3, -0.25) is 0 Å². The normalized spacial score (nSPS) is 10.1. The molecule has 1 heteroatoms. The van der Waals surface area contributed by atoms with Gasteiger partial charge in [-0.2, -0.15) is 0 Å². The SMILES string of the molecule is C=C/C=C(\C=C/C)NC.C=CC. The summed E-state index contributed by atoms with van der Waals surface area (Å²) in [6.45, 7) is 10.8. The lowest BCUT2D eigenvalue weighted by molar-refractivity contribution is 1.03. The molecule has 0 aliphatic heterocycles. The van der Waals surface area contributed by atoms with Gasteiger partial charge in [-0.15, -0.1) is 6.58 Å². The van der Waals surface area contributed by atoms with Crippen LogP contribution < -0.4 is 5.32 Å². The maximum Gasteiger partial charge on any atom is 0.0334 e. The number of likely N-dealkylation sites (N-methyl/N-ethyl adjacent to an activating group) is 1. The molecular formula is C11H19N. The summed E-state index contributed by atoms with van der Waals surface area (Å²) in [6, 6.07) is 0. The van der Waals surface area contributed by atoms with Gasteiger partial charge in [0.25, 0.3) is 0 Å². The first-order valence-electron chi connectivity index (χ1n) is 3.97. The van der Waals surface area contributed by atoms with Crippen LogP contribution in [-0.2, 0) is 0 Å². The van der Waals surface area contributed by atoms with Crippen molar-refractivity contribution in [3.8, 4) is 0 Å². The van der Waals surface area contributed by atoms with Gasteiger partial charge >= 0.3 is 0 Å². The molecule has 0 aromatic rings. The fraction of sp³-hybridized carbons (Fsp3) is 0.273. The Labute approximate surface area is 76.2 Å². The number of allylic oxidation sites excluding steroid dienone is 5. The summed E-state index contributed by atoms with van der Waals surface area (Å²) in [5.41, 5.74) is 1.08. The average Bonchev–Trinajstić information content (AvgIpc) is 2.05. The number of hydrogen-bond donors (Lipinski definition) is 1. The van der Waals surface area contributed by atoms with Crippen molar-refractivity contribution in [1.82, 2.24) is 5.32 Å². The van der Waals surface area contributed by atoms with E-state index in [0.717, 1.165) is 5.70 Å². The van der Waals surface area contributed by atoms with Gasteiger partial charge in [0.15, 0.2) is 0 Å². The zero-order valence-corrected chi connectivity index (χ0v) is 8.30. The molecule has 0 radical (unpaired) electrons. The molecule has 0 atom stereocenters. The molecular weight excluding hydrogens is 146 g/mol. The van der Waals surface area contributed by atoms with Gasteiger partial charge in [0.1, 0.15) is 0 Å². The Morgan fingerprint density at radius 3 is 2.00 bits per heavy atom. The molecule has 0 aliphatic rings. The molecule has 0 bridgehead atoms. The molecule has 0 aromatic carbocycles. The molecule has 0 aliphatic carbocycles. The van der Waals surface area contributed by atoms with E-state index in [-0.39, 0.29) is 0 Å². The molecule has 0 amide bonds. The van der Waals surface area contributed by atoms with Crippen LogP contribution in [0.5, 0.6) is 0 Å². The van der Waals surface area contributed by atoms with Crippen LogP contribution in [0.15, 0.2) is 49.2 Å². The summed E-state index contributed by atoms with van der Waals surface area (Å²) >= 11 is 0. The quantitative estimate of drug-likeness (QED) is 0.500. The number of nitrogens with one attached hydrogen (secondary N) is 1. The van der Waals surface area contributed by atoms with Crippen molar-refractivity contribution in [1.29, 1.82) is 0 Å². The fourth-order valence-corrected chi connectivity index (χ4v) is 0.529. The van der Waals surface area contributed by atoms with E-state index < -0.39 is 0 Å². The van der Waals surface area contributed by atoms with Crippen LogP contribution in [-0.4, -0.2) is 7.05 Å². The van der Waals surface area contributed by atoms with Gasteiger partial charge in [0, 0.05) is 12.7 Å². The minimum atomic E-state index is 1.08. The van der Waals surface area contributed by atoms with Crippen molar-refractivity contribution in [3.63, 3.8) is 0 Å². The lowest BCUT2D eigenvalue weighted by Crippen LogP contribution is -2.01. The molecule has 1 N–H and O–H groups in total. The van der Waals surface area contributed by atoms with Crippen LogP contribution in [0.25, 0.3) is 0 Å². The summed E-state index contributed by atoms with van der Waals surface area (Å²) in [4.78, 5) is 0. The van der Waals surface area contributed by atoms with E-state index in [0.29, 0.717) is 0 Å². The fourth-order valence-electron chi connectivity index (χ4n) is 0.529. The first kappa shape index (κ1) is 13.4. The second kappa shape index (κ2) is 12.4. The molecule has 0 fully saturated rings. The van der Waals surface area contributed by atoms with Crippen molar-refractivity contribution < 1.29 is 0 Å². The first-order valence-corrected chi connectivity index (χ1v) is 3.97. The Bertz CT molecular complexity index is 164. The van der Waals surface area contributed by atoms with E-state index >= 15 is 0 Å². The van der Waals surface area contributed by atoms with Gasteiger partial charge in [-0.05, 0) is 26.0 Å². The monoisotopic (exact) mass is 165 g/mol. The second-order valence-corrected chi connectivity index (χ2v) is 2.02. The maximum atomic E-state index is 3.58. The lowest BCUT2D eigenvalue weighted by atomic mass is 10.3. The minimum absolute atomic E-state index is 1.08. The topological polar surface area (TPSA) is 12.0 Å². The van der Waals surface area contributed by atoms with Crippen molar-refractivity contribution in [3.05, 3.63) is 49.2 Å². The summed E-state index contributed by atoms with van der Waals surface area (Å²) in [5, 5.41) is 3.01. The smallest absolute Gasteiger partial charge is 0.0334 e. The van der Waals surface area contributed by atoms with Gasteiger partial charge in [0.2, 0.25) is 0 Å². The Morgan fingerprint density at radius 1 is 1.25 bits per heavy atom. The summed E-state index contributed by atoms with van der Waals surface area (Å²) in [7, 11) is 1.88. The Balaban J connectivity index is 0. The molecule has 0 aromatic heterocycles. The van der Waals surface area contributed by atoms with Gasteiger partial charge < -0.3 is 5.32 Å². The van der Waals surface area contributed by atoms with Gasteiger partial charge in [-0.1, -0.05) is 24.8 Å². The third-order valence-corrected chi connectivity index (χ3v) is 0.932. The van der Waals surface area contributed by atoms with Crippen LogP contribution in [0.1, 0.15) is 13.8 Å². The predicted octanol–water partition coefficient (Wildman–Crippen LogP) is 3.04. The molecule has 0 spiro atoms. The van der Waals surface area contributed by atoms with Crippen LogP contribution in [0.2, 0.25) is 0 Å². The van der Waals surface area contributed by atoms with E-state index in [1.807, 2.05) is 39.1 Å². The average molecular weight is 165 g/mol. The van der Waals surface area contributed by atoms with Crippen LogP contribution in [0.4, 0.5) is 0 Å². The third-order valence-electron chi connectivity index (χ3n) is 0.932. The molecule has 0 rings (SSSR count). The van der Waals surface area contributed by atoms with E-state index in [9.17, 15) is 0 Å². The van der Waals surface area contributed by atoms with Crippen LogP contribution in [0, 0.1) is 0 Å². The van der Waals surface area contributed by atoms with Crippen molar-refractivity contribution in [2.45, 2.75) is 13.8 Å². The van der Waals surface area contributed by atoms with Gasteiger partial charge in [-0.25, -0.2) is 0 Å².